The van der Waals surface area contributed by atoms with Gasteiger partial charge in [0.05, 0.1) is 18.7 Å². The Kier molecular flexibility index (Phi) is 3.90. The Balaban J connectivity index is 2.10. The van der Waals surface area contributed by atoms with E-state index in [2.05, 4.69) is 5.32 Å². The van der Waals surface area contributed by atoms with E-state index in [-0.39, 0.29) is 12.4 Å². The molecule has 2 N–H and O–H groups in total. The van der Waals surface area contributed by atoms with E-state index in [1.165, 1.54) is 6.07 Å². The van der Waals surface area contributed by atoms with Crippen LogP contribution in [0.3, 0.4) is 0 Å². The van der Waals surface area contributed by atoms with Crippen molar-refractivity contribution < 1.29 is 13.9 Å². The van der Waals surface area contributed by atoms with Gasteiger partial charge in [-0.15, -0.1) is 0 Å². The van der Waals surface area contributed by atoms with Crippen LogP contribution in [0.4, 0.5) is 4.39 Å². The van der Waals surface area contributed by atoms with E-state index >= 15 is 0 Å². The van der Waals surface area contributed by atoms with E-state index in [9.17, 15) is 4.39 Å². The van der Waals surface area contributed by atoms with Crippen LogP contribution < -0.4 is 5.32 Å². The van der Waals surface area contributed by atoms with Gasteiger partial charge in [-0.1, -0.05) is 12.1 Å². The quantitative estimate of drug-likeness (QED) is 0.781. The van der Waals surface area contributed by atoms with Gasteiger partial charge in [-0.2, -0.15) is 0 Å². The first-order chi connectivity index (χ1) is 8.31. The van der Waals surface area contributed by atoms with Crippen LogP contribution in [0.1, 0.15) is 5.76 Å². The Hall–Kier alpha value is -1.65. The summed E-state index contributed by atoms with van der Waals surface area (Å²) in [6, 6.07) is 10.0. The molecule has 1 aromatic heterocycles. The standard InChI is InChI=1S/C13H14FNO2/c14-12-4-2-1-3-11(12)13-6-5-10(17-13)9-15-7-8-16/h1-6,15-16H,7-9H2. The molecule has 0 unspecified atom stereocenters. The molecular weight excluding hydrogens is 221 g/mol. The van der Waals surface area contributed by atoms with Crippen LogP contribution in [0.2, 0.25) is 0 Å². The summed E-state index contributed by atoms with van der Waals surface area (Å²) in [4.78, 5) is 0. The third kappa shape index (κ3) is 2.93. The Morgan fingerprint density at radius 1 is 1.18 bits per heavy atom. The monoisotopic (exact) mass is 235 g/mol. The second-order valence-electron chi connectivity index (χ2n) is 3.65. The number of hydrogen-bond acceptors (Lipinski definition) is 3. The SMILES string of the molecule is OCCNCc1ccc(-c2ccccc2F)o1. The van der Waals surface area contributed by atoms with Crippen molar-refractivity contribution in [3.8, 4) is 11.3 Å². The van der Waals surface area contributed by atoms with Crippen LogP contribution in [0, 0.1) is 5.82 Å². The summed E-state index contributed by atoms with van der Waals surface area (Å²) in [5, 5.41) is 11.6. The van der Waals surface area contributed by atoms with Crippen molar-refractivity contribution in [2.45, 2.75) is 6.54 Å². The van der Waals surface area contributed by atoms with Gasteiger partial charge in [-0.3, -0.25) is 0 Å². The molecule has 0 saturated heterocycles. The molecule has 0 amide bonds. The first kappa shape index (κ1) is 11.8. The van der Waals surface area contributed by atoms with Crippen molar-refractivity contribution in [1.82, 2.24) is 5.32 Å². The fourth-order valence-corrected chi connectivity index (χ4v) is 1.57. The van der Waals surface area contributed by atoms with Crippen molar-refractivity contribution in [1.29, 1.82) is 0 Å². The van der Waals surface area contributed by atoms with Gasteiger partial charge in [0.2, 0.25) is 0 Å². The molecule has 3 nitrogen and oxygen atoms in total. The van der Waals surface area contributed by atoms with Gasteiger partial charge in [0.15, 0.2) is 0 Å². The molecule has 90 valence electrons. The highest BCUT2D eigenvalue weighted by molar-refractivity contribution is 5.58. The zero-order chi connectivity index (χ0) is 12.1. The van der Waals surface area contributed by atoms with E-state index in [0.717, 1.165) is 5.76 Å². The molecule has 4 heteroatoms. The number of aliphatic hydroxyl groups is 1. The normalized spacial score (nSPS) is 10.7. The maximum absolute atomic E-state index is 13.5. The van der Waals surface area contributed by atoms with Gasteiger partial charge in [0.25, 0.3) is 0 Å². The lowest BCUT2D eigenvalue weighted by molar-refractivity contribution is 0.290. The maximum Gasteiger partial charge on any atom is 0.137 e. The molecule has 17 heavy (non-hydrogen) atoms. The lowest BCUT2D eigenvalue weighted by Crippen LogP contribution is -2.16. The molecule has 0 aliphatic heterocycles. The Morgan fingerprint density at radius 3 is 2.76 bits per heavy atom. The number of benzene rings is 1. The van der Waals surface area contributed by atoms with E-state index in [1.54, 1.807) is 30.3 Å². The summed E-state index contributed by atoms with van der Waals surface area (Å²) >= 11 is 0. The average Bonchev–Trinajstić information content (AvgIpc) is 2.79. The van der Waals surface area contributed by atoms with Crippen LogP contribution >= 0.6 is 0 Å². The lowest BCUT2D eigenvalue weighted by atomic mass is 10.1. The second-order valence-corrected chi connectivity index (χ2v) is 3.65. The lowest BCUT2D eigenvalue weighted by Gasteiger charge is -2.00. The molecule has 2 rings (SSSR count). The van der Waals surface area contributed by atoms with Crippen LogP contribution in [-0.2, 0) is 6.54 Å². The van der Waals surface area contributed by atoms with Crippen molar-refractivity contribution in [2.75, 3.05) is 13.2 Å². The molecule has 2 aromatic rings. The summed E-state index contributed by atoms with van der Waals surface area (Å²) in [6.07, 6.45) is 0. The first-order valence-electron chi connectivity index (χ1n) is 5.46. The third-order valence-electron chi connectivity index (χ3n) is 2.39. The molecule has 0 bridgehead atoms. The Labute approximate surface area is 98.9 Å². The topological polar surface area (TPSA) is 45.4 Å². The number of furan rings is 1. The zero-order valence-corrected chi connectivity index (χ0v) is 9.32. The molecule has 0 aliphatic carbocycles. The molecule has 1 aromatic carbocycles. The average molecular weight is 235 g/mol. The van der Waals surface area contributed by atoms with Gasteiger partial charge in [0.1, 0.15) is 17.3 Å². The highest BCUT2D eigenvalue weighted by atomic mass is 19.1. The van der Waals surface area contributed by atoms with Crippen LogP contribution in [0.5, 0.6) is 0 Å². The zero-order valence-electron chi connectivity index (χ0n) is 9.32. The van der Waals surface area contributed by atoms with Crippen molar-refractivity contribution in [3.05, 3.63) is 48.0 Å². The van der Waals surface area contributed by atoms with E-state index in [0.29, 0.717) is 24.4 Å². The summed E-state index contributed by atoms with van der Waals surface area (Å²) in [6.45, 7) is 1.12. The minimum atomic E-state index is -0.295. The van der Waals surface area contributed by atoms with Crippen LogP contribution in [0.15, 0.2) is 40.8 Å². The van der Waals surface area contributed by atoms with Crippen LogP contribution in [0.25, 0.3) is 11.3 Å². The molecule has 0 saturated carbocycles. The van der Waals surface area contributed by atoms with E-state index < -0.39 is 0 Å². The number of hydrogen-bond donors (Lipinski definition) is 2. The summed E-state index contributed by atoms with van der Waals surface area (Å²) in [7, 11) is 0. The van der Waals surface area contributed by atoms with Gasteiger partial charge in [0, 0.05) is 6.54 Å². The fraction of sp³-hybridized carbons (Fsp3) is 0.231. The number of rotatable bonds is 5. The van der Waals surface area contributed by atoms with Gasteiger partial charge in [-0.05, 0) is 24.3 Å². The molecule has 0 atom stereocenters. The Morgan fingerprint density at radius 2 is 2.00 bits per heavy atom. The van der Waals surface area contributed by atoms with E-state index in [1.807, 2.05) is 0 Å². The molecule has 0 spiro atoms. The third-order valence-corrected chi connectivity index (χ3v) is 2.39. The highest BCUT2D eigenvalue weighted by Gasteiger charge is 2.08. The molecular formula is C13H14FNO2. The first-order valence-corrected chi connectivity index (χ1v) is 5.46. The number of halogens is 1. The minimum absolute atomic E-state index is 0.0842. The van der Waals surface area contributed by atoms with Gasteiger partial charge in [-0.25, -0.2) is 4.39 Å². The van der Waals surface area contributed by atoms with Crippen molar-refractivity contribution in [3.63, 3.8) is 0 Å². The number of aliphatic hydroxyl groups excluding tert-OH is 1. The number of nitrogens with one attached hydrogen (secondary N) is 1. The molecule has 1 heterocycles. The van der Waals surface area contributed by atoms with Crippen LogP contribution in [-0.4, -0.2) is 18.3 Å². The Bertz CT molecular complexity index is 482. The highest BCUT2D eigenvalue weighted by Crippen LogP contribution is 2.24. The van der Waals surface area contributed by atoms with Crippen molar-refractivity contribution in [2.24, 2.45) is 0 Å². The predicted octanol–water partition coefficient (Wildman–Crippen LogP) is 2.17. The van der Waals surface area contributed by atoms with Gasteiger partial charge >= 0.3 is 0 Å². The summed E-state index contributed by atoms with van der Waals surface area (Å²) in [5.41, 5.74) is 0.459. The summed E-state index contributed by atoms with van der Waals surface area (Å²) in [5.74, 6) is 0.942. The van der Waals surface area contributed by atoms with Gasteiger partial charge < -0.3 is 14.8 Å². The molecule has 0 radical (unpaired) electrons. The predicted molar refractivity (Wildman–Crippen MR) is 62.9 cm³/mol. The summed E-state index contributed by atoms with van der Waals surface area (Å²) < 4.78 is 19.0. The second kappa shape index (κ2) is 5.61. The largest absolute Gasteiger partial charge is 0.460 e. The van der Waals surface area contributed by atoms with E-state index in [4.69, 9.17) is 9.52 Å². The van der Waals surface area contributed by atoms with Crippen molar-refractivity contribution >= 4 is 0 Å². The maximum atomic E-state index is 13.5. The smallest absolute Gasteiger partial charge is 0.137 e. The fourth-order valence-electron chi connectivity index (χ4n) is 1.57. The molecule has 0 fully saturated rings. The minimum Gasteiger partial charge on any atom is -0.460 e. The molecule has 0 aliphatic rings.